The van der Waals surface area contributed by atoms with Crippen LogP contribution in [0.3, 0.4) is 0 Å². The fourth-order valence-electron chi connectivity index (χ4n) is 2.61. The molecule has 1 atom stereocenters. The van der Waals surface area contributed by atoms with E-state index in [0.717, 1.165) is 23.2 Å². The van der Waals surface area contributed by atoms with Gasteiger partial charge in [-0.25, -0.2) is 0 Å². The Balaban J connectivity index is 1.96. The maximum Gasteiger partial charge on any atom is 0.0704 e. The van der Waals surface area contributed by atoms with Crippen LogP contribution in [0.1, 0.15) is 22.9 Å². The predicted octanol–water partition coefficient (Wildman–Crippen LogP) is 2.69. The SMILES string of the molecule is Cc1cc(C(Cc2ccnc3ccccc23)NN)ccn1. The van der Waals surface area contributed by atoms with Crippen LogP contribution in [-0.4, -0.2) is 9.97 Å². The second kappa shape index (κ2) is 5.99. The second-order valence-corrected chi connectivity index (χ2v) is 5.14. The summed E-state index contributed by atoms with van der Waals surface area (Å²) < 4.78 is 0. The second-order valence-electron chi connectivity index (χ2n) is 5.14. The third kappa shape index (κ3) is 2.91. The molecule has 0 fully saturated rings. The van der Waals surface area contributed by atoms with Crippen molar-refractivity contribution in [3.8, 4) is 0 Å². The zero-order chi connectivity index (χ0) is 14.7. The Morgan fingerprint density at radius 2 is 1.90 bits per heavy atom. The van der Waals surface area contributed by atoms with E-state index in [-0.39, 0.29) is 6.04 Å². The monoisotopic (exact) mass is 278 g/mol. The van der Waals surface area contributed by atoms with Gasteiger partial charge < -0.3 is 0 Å². The van der Waals surface area contributed by atoms with E-state index in [2.05, 4.69) is 33.6 Å². The maximum absolute atomic E-state index is 5.76. The molecule has 1 unspecified atom stereocenters. The van der Waals surface area contributed by atoms with Gasteiger partial charge >= 0.3 is 0 Å². The number of nitrogens with one attached hydrogen (secondary N) is 1. The van der Waals surface area contributed by atoms with Crippen LogP contribution in [0.5, 0.6) is 0 Å². The molecule has 0 saturated carbocycles. The van der Waals surface area contributed by atoms with Crippen LogP contribution in [0.15, 0.2) is 54.9 Å². The molecule has 3 rings (SSSR count). The lowest BCUT2D eigenvalue weighted by molar-refractivity contribution is 0.552. The summed E-state index contributed by atoms with van der Waals surface area (Å²) in [6, 6.07) is 14.3. The predicted molar refractivity (Wildman–Crippen MR) is 84.5 cm³/mol. The first-order chi connectivity index (χ1) is 10.3. The number of nitrogens with two attached hydrogens (primary N) is 1. The summed E-state index contributed by atoms with van der Waals surface area (Å²) in [5, 5.41) is 1.17. The van der Waals surface area contributed by atoms with Gasteiger partial charge in [0.05, 0.1) is 11.6 Å². The molecule has 0 saturated heterocycles. The highest BCUT2D eigenvalue weighted by Gasteiger charge is 2.13. The van der Waals surface area contributed by atoms with Crippen LogP contribution in [0.2, 0.25) is 0 Å². The molecule has 4 heteroatoms. The smallest absolute Gasteiger partial charge is 0.0704 e. The van der Waals surface area contributed by atoms with E-state index >= 15 is 0 Å². The molecule has 0 amide bonds. The normalized spacial score (nSPS) is 12.5. The molecule has 2 heterocycles. The molecule has 21 heavy (non-hydrogen) atoms. The van der Waals surface area contributed by atoms with Gasteiger partial charge in [0.2, 0.25) is 0 Å². The minimum Gasteiger partial charge on any atom is -0.271 e. The number of benzene rings is 1. The van der Waals surface area contributed by atoms with Crippen molar-refractivity contribution in [3.63, 3.8) is 0 Å². The summed E-state index contributed by atoms with van der Waals surface area (Å²) >= 11 is 0. The van der Waals surface area contributed by atoms with Crippen molar-refractivity contribution in [3.05, 3.63) is 71.7 Å². The average Bonchev–Trinajstić information content (AvgIpc) is 2.52. The number of nitrogens with zero attached hydrogens (tertiary/aromatic N) is 2. The van der Waals surface area contributed by atoms with E-state index in [1.165, 1.54) is 10.9 Å². The molecule has 2 aromatic heterocycles. The van der Waals surface area contributed by atoms with Crippen molar-refractivity contribution in [2.75, 3.05) is 0 Å². The van der Waals surface area contributed by atoms with Gasteiger partial charge in [0.15, 0.2) is 0 Å². The highest BCUT2D eigenvalue weighted by molar-refractivity contribution is 5.81. The van der Waals surface area contributed by atoms with E-state index in [0.29, 0.717) is 0 Å². The first-order valence-electron chi connectivity index (χ1n) is 6.99. The van der Waals surface area contributed by atoms with Gasteiger partial charge in [-0.15, -0.1) is 0 Å². The standard InChI is InChI=1S/C17H18N4/c1-12-10-14(7-8-19-12)17(21-18)11-13-6-9-20-16-5-3-2-4-15(13)16/h2-10,17,21H,11,18H2,1H3. The van der Waals surface area contributed by atoms with E-state index in [1.54, 1.807) is 0 Å². The summed E-state index contributed by atoms with van der Waals surface area (Å²) in [5.74, 6) is 5.76. The van der Waals surface area contributed by atoms with Crippen molar-refractivity contribution < 1.29 is 0 Å². The highest BCUT2D eigenvalue weighted by Crippen LogP contribution is 2.23. The fraction of sp³-hybridized carbons (Fsp3) is 0.176. The van der Waals surface area contributed by atoms with E-state index < -0.39 is 0 Å². The van der Waals surface area contributed by atoms with E-state index in [1.807, 2.05) is 43.6 Å². The lowest BCUT2D eigenvalue weighted by atomic mass is 9.97. The van der Waals surface area contributed by atoms with Crippen molar-refractivity contribution in [1.29, 1.82) is 0 Å². The van der Waals surface area contributed by atoms with Gasteiger partial charge in [-0.1, -0.05) is 18.2 Å². The number of aromatic nitrogens is 2. The minimum atomic E-state index is 0.0532. The molecule has 3 N–H and O–H groups in total. The summed E-state index contributed by atoms with van der Waals surface area (Å²) in [6.07, 6.45) is 4.48. The van der Waals surface area contributed by atoms with Crippen molar-refractivity contribution in [1.82, 2.24) is 15.4 Å². The largest absolute Gasteiger partial charge is 0.271 e. The fourth-order valence-corrected chi connectivity index (χ4v) is 2.61. The maximum atomic E-state index is 5.76. The van der Waals surface area contributed by atoms with Crippen molar-refractivity contribution in [2.45, 2.75) is 19.4 Å². The third-order valence-corrected chi connectivity index (χ3v) is 3.69. The van der Waals surface area contributed by atoms with E-state index in [4.69, 9.17) is 5.84 Å². The molecule has 0 bridgehead atoms. The lowest BCUT2D eigenvalue weighted by Crippen LogP contribution is -2.29. The van der Waals surface area contributed by atoms with Gasteiger partial charge in [0.25, 0.3) is 0 Å². The van der Waals surface area contributed by atoms with Crippen LogP contribution in [0, 0.1) is 6.92 Å². The zero-order valence-corrected chi connectivity index (χ0v) is 12.0. The number of hydrogen-bond donors (Lipinski definition) is 2. The summed E-state index contributed by atoms with van der Waals surface area (Å²) in [4.78, 5) is 8.64. The molecule has 0 aliphatic heterocycles. The van der Waals surface area contributed by atoms with Crippen molar-refractivity contribution >= 4 is 10.9 Å². The molecular formula is C17H18N4. The summed E-state index contributed by atoms with van der Waals surface area (Å²) in [6.45, 7) is 1.99. The number of rotatable bonds is 4. The number of para-hydroxylation sites is 1. The number of hydrazine groups is 1. The highest BCUT2D eigenvalue weighted by atomic mass is 15.2. The van der Waals surface area contributed by atoms with Gasteiger partial charge in [-0.3, -0.25) is 21.2 Å². The molecule has 0 radical (unpaired) electrons. The quantitative estimate of drug-likeness (QED) is 0.569. The first kappa shape index (κ1) is 13.7. The van der Waals surface area contributed by atoms with Crippen LogP contribution in [-0.2, 0) is 6.42 Å². The Bertz CT molecular complexity index is 749. The van der Waals surface area contributed by atoms with Gasteiger partial charge in [0, 0.05) is 23.5 Å². The lowest BCUT2D eigenvalue weighted by Gasteiger charge is -2.17. The zero-order valence-electron chi connectivity index (χ0n) is 12.0. The molecule has 3 aromatic rings. The molecule has 106 valence electrons. The summed E-state index contributed by atoms with van der Waals surface area (Å²) in [7, 11) is 0. The first-order valence-corrected chi connectivity index (χ1v) is 6.99. The molecule has 0 aliphatic carbocycles. The molecule has 0 aliphatic rings. The van der Waals surface area contributed by atoms with Gasteiger partial charge in [0.1, 0.15) is 0 Å². The average molecular weight is 278 g/mol. The number of aryl methyl sites for hydroxylation is 1. The number of fused-ring (bicyclic) bond motifs is 1. The molecule has 0 spiro atoms. The summed E-state index contributed by atoms with van der Waals surface area (Å²) in [5.41, 5.74) is 7.29. The van der Waals surface area contributed by atoms with Gasteiger partial charge in [-0.2, -0.15) is 0 Å². The van der Waals surface area contributed by atoms with Crippen LogP contribution < -0.4 is 11.3 Å². The van der Waals surface area contributed by atoms with E-state index in [9.17, 15) is 0 Å². The minimum absolute atomic E-state index is 0.0532. The topological polar surface area (TPSA) is 63.8 Å². The number of hydrogen-bond acceptors (Lipinski definition) is 4. The van der Waals surface area contributed by atoms with Crippen LogP contribution in [0.25, 0.3) is 10.9 Å². The van der Waals surface area contributed by atoms with Crippen molar-refractivity contribution in [2.24, 2.45) is 5.84 Å². The Morgan fingerprint density at radius 1 is 1.10 bits per heavy atom. The van der Waals surface area contributed by atoms with Gasteiger partial charge in [-0.05, 0) is 48.7 Å². The third-order valence-electron chi connectivity index (χ3n) is 3.69. The van der Waals surface area contributed by atoms with Crippen LogP contribution >= 0.6 is 0 Å². The Kier molecular flexibility index (Phi) is 3.90. The molecular weight excluding hydrogens is 260 g/mol. The van der Waals surface area contributed by atoms with Crippen LogP contribution in [0.4, 0.5) is 0 Å². The molecule has 1 aromatic carbocycles. The Labute approximate surface area is 124 Å². The Morgan fingerprint density at radius 3 is 2.71 bits per heavy atom. The molecule has 4 nitrogen and oxygen atoms in total. The number of pyridine rings is 2. The Hall–Kier alpha value is -2.30.